The van der Waals surface area contributed by atoms with Gasteiger partial charge in [-0.3, -0.25) is 9.69 Å². The van der Waals surface area contributed by atoms with Crippen LogP contribution in [0.1, 0.15) is 12.5 Å². The van der Waals surface area contributed by atoms with Crippen molar-refractivity contribution in [2.45, 2.75) is 19.4 Å². The normalized spacial score (nSPS) is 20.9. The maximum atomic E-state index is 13.0. The number of ether oxygens (including phenoxy) is 1. The monoisotopic (exact) mass is 251 g/mol. The van der Waals surface area contributed by atoms with E-state index in [1.54, 1.807) is 12.1 Å². The van der Waals surface area contributed by atoms with Gasteiger partial charge in [0.05, 0.1) is 6.61 Å². The van der Waals surface area contributed by atoms with Gasteiger partial charge in [0.2, 0.25) is 0 Å². The van der Waals surface area contributed by atoms with Crippen molar-refractivity contribution in [2.75, 3.05) is 26.2 Å². The molecule has 18 heavy (non-hydrogen) atoms. The van der Waals surface area contributed by atoms with E-state index in [0.717, 1.165) is 13.1 Å². The van der Waals surface area contributed by atoms with Crippen LogP contribution in [-0.2, 0) is 16.0 Å². The van der Waals surface area contributed by atoms with E-state index in [-0.39, 0.29) is 24.1 Å². The van der Waals surface area contributed by atoms with Crippen molar-refractivity contribution in [3.63, 3.8) is 0 Å². The average molecular weight is 251 g/mol. The molecule has 0 bridgehead atoms. The molecule has 2 rings (SSSR count). The SMILES string of the molecule is CCN1CCOC(C(=O)Cc2cccc(F)c2)C1. The Bertz CT molecular complexity index is 422. The van der Waals surface area contributed by atoms with Gasteiger partial charge in [0.15, 0.2) is 5.78 Å². The highest BCUT2D eigenvalue weighted by Gasteiger charge is 2.25. The van der Waals surface area contributed by atoms with Gasteiger partial charge < -0.3 is 4.74 Å². The summed E-state index contributed by atoms with van der Waals surface area (Å²) in [7, 11) is 0. The Balaban J connectivity index is 1.95. The molecule has 1 heterocycles. The van der Waals surface area contributed by atoms with Crippen LogP contribution < -0.4 is 0 Å². The van der Waals surface area contributed by atoms with Crippen molar-refractivity contribution >= 4 is 5.78 Å². The number of ketones is 1. The zero-order valence-electron chi connectivity index (χ0n) is 10.6. The summed E-state index contributed by atoms with van der Waals surface area (Å²) < 4.78 is 18.5. The molecule has 1 atom stereocenters. The van der Waals surface area contributed by atoms with E-state index in [9.17, 15) is 9.18 Å². The van der Waals surface area contributed by atoms with Crippen LogP contribution in [0.5, 0.6) is 0 Å². The van der Waals surface area contributed by atoms with Gasteiger partial charge in [-0.05, 0) is 24.2 Å². The average Bonchev–Trinajstić information content (AvgIpc) is 2.39. The number of carbonyl (C=O) groups is 1. The van der Waals surface area contributed by atoms with Gasteiger partial charge in [-0.1, -0.05) is 19.1 Å². The lowest BCUT2D eigenvalue weighted by molar-refractivity contribution is -0.135. The molecular weight excluding hydrogens is 233 g/mol. The first kappa shape index (κ1) is 13.2. The van der Waals surface area contributed by atoms with Gasteiger partial charge in [-0.2, -0.15) is 0 Å². The predicted octanol–water partition coefficient (Wildman–Crippen LogP) is 1.66. The predicted molar refractivity (Wildman–Crippen MR) is 67.0 cm³/mol. The molecule has 1 unspecified atom stereocenters. The molecule has 0 saturated carbocycles. The number of morpholine rings is 1. The molecule has 0 spiro atoms. The third-order valence-corrected chi connectivity index (χ3v) is 3.22. The molecule has 0 aromatic heterocycles. The number of hydrogen-bond donors (Lipinski definition) is 0. The highest BCUT2D eigenvalue weighted by molar-refractivity contribution is 5.85. The van der Waals surface area contributed by atoms with E-state index in [4.69, 9.17) is 4.74 Å². The molecule has 4 heteroatoms. The van der Waals surface area contributed by atoms with Crippen molar-refractivity contribution in [2.24, 2.45) is 0 Å². The van der Waals surface area contributed by atoms with Crippen molar-refractivity contribution in [1.29, 1.82) is 0 Å². The highest BCUT2D eigenvalue weighted by Crippen LogP contribution is 2.11. The molecule has 3 nitrogen and oxygen atoms in total. The zero-order chi connectivity index (χ0) is 13.0. The second-order valence-corrected chi connectivity index (χ2v) is 4.53. The molecule has 1 saturated heterocycles. The number of halogens is 1. The highest BCUT2D eigenvalue weighted by atomic mass is 19.1. The van der Waals surface area contributed by atoms with Gasteiger partial charge in [0.25, 0.3) is 0 Å². The Morgan fingerprint density at radius 2 is 2.39 bits per heavy atom. The Morgan fingerprint density at radius 3 is 3.11 bits per heavy atom. The Hall–Kier alpha value is -1.26. The number of hydrogen-bond acceptors (Lipinski definition) is 3. The number of benzene rings is 1. The maximum Gasteiger partial charge on any atom is 0.167 e. The number of Topliss-reactive ketones (excluding diaryl/α,β-unsaturated/α-hetero) is 1. The van der Waals surface area contributed by atoms with Crippen LogP contribution in [0.25, 0.3) is 0 Å². The van der Waals surface area contributed by atoms with Gasteiger partial charge >= 0.3 is 0 Å². The minimum Gasteiger partial charge on any atom is -0.368 e. The fourth-order valence-corrected chi connectivity index (χ4v) is 2.15. The molecule has 1 aromatic rings. The molecule has 0 aliphatic carbocycles. The molecule has 1 aliphatic rings. The van der Waals surface area contributed by atoms with Gasteiger partial charge in [-0.15, -0.1) is 0 Å². The van der Waals surface area contributed by atoms with Gasteiger partial charge in [-0.25, -0.2) is 4.39 Å². The van der Waals surface area contributed by atoms with Crippen LogP contribution in [-0.4, -0.2) is 43.0 Å². The van der Waals surface area contributed by atoms with E-state index in [1.165, 1.54) is 12.1 Å². The largest absolute Gasteiger partial charge is 0.368 e. The number of nitrogens with zero attached hydrogens (tertiary/aromatic N) is 1. The van der Waals surface area contributed by atoms with Crippen molar-refractivity contribution in [1.82, 2.24) is 4.90 Å². The smallest absolute Gasteiger partial charge is 0.167 e. The maximum absolute atomic E-state index is 13.0. The number of rotatable bonds is 4. The summed E-state index contributed by atoms with van der Waals surface area (Å²) in [6.07, 6.45) is -0.137. The molecule has 0 N–H and O–H groups in total. The standard InChI is InChI=1S/C14H18FNO2/c1-2-16-6-7-18-14(10-16)13(17)9-11-4-3-5-12(15)8-11/h3-5,8,14H,2,6-7,9-10H2,1H3. The van der Waals surface area contributed by atoms with Crippen LogP contribution in [0.2, 0.25) is 0 Å². The van der Waals surface area contributed by atoms with Crippen LogP contribution in [0.15, 0.2) is 24.3 Å². The summed E-state index contributed by atoms with van der Waals surface area (Å²) in [6.45, 7) is 5.10. The summed E-state index contributed by atoms with van der Waals surface area (Å²) >= 11 is 0. The topological polar surface area (TPSA) is 29.5 Å². The van der Waals surface area contributed by atoms with Crippen LogP contribution in [0, 0.1) is 5.82 Å². The summed E-state index contributed by atoms with van der Waals surface area (Å²) in [6, 6.07) is 6.17. The van der Waals surface area contributed by atoms with Crippen molar-refractivity contribution in [3.05, 3.63) is 35.6 Å². The first-order valence-electron chi connectivity index (χ1n) is 6.30. The first-order valence-corrected chi connectivity index (χ1v) is 6.30. The zero-order valence-corrected chi connectivity index (χ0v) is 10.6. The first-order chi connectivity index (χ1) is 8.69. The summed E-state index contributed by atoms with van der Waals surface area (Å²) in [5.74, 6) is -0.279. The summed E-state index contributed by atoms with van der Waals surface area (Å²) in [5, 5.41) is 0. The van der Waals surface area contributed by atoms with E-state index in [2.05, 4.69) is 11.8 Å². The lowest BCUT2D eigenvalue weighted by atomic mass is 10.0. The van der Waals surface area contributed by atoms with Crippen LogP contribution in [0.3, 0.4) is 0 Å². The van der Waals surface area contributed by atoms with Crippen molar-refractivity contribution in [3.8, 4) is 0 Å². The Morgan fingerprint density at radius 1 is 1.56 bits per heavy atom. The van der Waals surface area contributed by atoms with Gasteiger partial charge in [0.1, 0.15) is 11.9 Å². The van der Waals surface area contributed by atoms with E-state index in [1.807, 2.05) is 0 Å². The van der Waals surface area contributed by atoms with E-state index >= 15 is 0 Å². The minimum absolute atomic E-state index is 0.0266. The van der Waals surface area contributed by atoms with E-state index < -0.39 is 0 Å². The summed E-state index contributed by atoms with van der Waals surface area (Å²) in [4.78, 5) is 14.3. The fraction of sp³-hybridized carbons (Fsp3) is 0.500. The number of likely N-dealkylation sites (N-methyl/N-ethyl adjacent to an activating group) is 1. The minimum atomic E-state index is -0.373. The lowest BCUT2D eigenvalue weighted by Gasteiger charge is -2.31. The quantitative estimate of drug-likeness (QED) is 0.815. The third kappa shape index (κ3) is 3.37. The lowest BCUT2D eigenvalue weighted by Crippen LogP contribution is -2.46. The second-order valence-electron chi connectivity index (χ2n) is 4.53. The molecule has 1 aromatic carbocycles. The number of carbonyl (C=O) groups excluding carboxylic acids is 1. The third-order valence-electron chi connectivity index (χ3n) is 3.22. The van der Waals surface area contributed by atoms with Crippen LogP contribution in [0.4, 0.5) is 4.39 Å². The van der Waals surface area contributed by atoms with E-state index in [0.29, 0.717) is 18.7 Å². The molecular formula is C14H18FNO2. The molecule has 0 radical (unpaired) electrons. The Labute approximate surface area is 107 Å². The summed E-state index contributed by atoms with van der Waals surface area (Å²) in [5.41, 5.74) is 0.706. The molecule has 0 amide bonds. The van der Waals surface area contributed by atoms with Crippen LogP contribution >= 0.6 is 0 Å². The second kappa shape index (κ2) is 6.07. The molecule has 1 fully saturated rings. The van der Waals surface area contributed by atoms with Crippen molar-refractivity contribution < 1.29 is 13.9 Å². The fourth-order valence-electron chi connectivity index (χ4n) is 2.15. The molecule has 1 aliphatic heterocycles. The molecule has 98 valence electrons. The van der Waals surface area contributed by atoms with Gasteiger partial charge in [0, 0.05) is 19.5 Å². The Kier molecular flexibility index (Phi) is 4.44.